The van der Waals surface area contributed by atoms with Gasteiger partial charge in [0.15, 0.2) is 0 Å². The molecule has 0 radical (unpaired) electrons. The van der Waals surface area contributed by atoms with E-state index in [0.717, 1.165) is 28.3 Å². The number of alkyl halides is 1. The van der Waals surface area contributed by atoms with E-state index in [9.17, 15) is 0 Å². The summed E-state index contributed by atoms with van der Waals surface area (Å²) in [4.78, 5) is 1.34. The lowest BCUT2D eigenvalue weighted by Crippen LogP contribution is -2.09. The maximum absolute atomic E-state index is 5.98. The van der Waals surface area contributed by atoms with Crippen molar-refractivity contribution < 1.29 is 4.74 Å². The smallest absolute Gasteiger partial charge is 0.119 e. The number of rotatable bonds is 6. The highest BCUT2D eigenvalue weighted by molar-refractivity contribution is 9.09. The molecule has 0 aliphatic carbocycles. The third kappa shape index (κ3) is 4.51. The Morgan fingerprint density at radius 3 is 2.74 bits per heavy atom. The standard InChI is InChI=1S/C15H16BrClOS/c1-18-13-4-2-3-11(8-13)7-12(10-16)9-14-5-6-15(17)19-14/h2-6,8,12H,7,9-10H2,1H3. The number of benzene rings is 1. The lowest BCUT2D eigenvalue weighted by atomic mass is 9.97. The summed E-state index contributed by atoms with van der Waals surface area (Å²) < 4.78 is 6.13. The fourth-order valence-corrected chi connectivity index (χ4v) is 3.72. The van der Waals surface area contributed by atoms with Gasteiger partial charge in [-0.1, -0.05) is 39.7 Å². The molecule has 1 heterocycles. The van der Waals surface area contributed by atoms with Crippen LogP contribution in [0.5, 0.6) is 5.75 Å². The molecule has 1 aromatic heterocycles. The minimum atomic E-state index is 0.571. The van der Waals surface area contributed by atoms with Crippen LogP contribution in [0.4, 0.5) is 0 Å². The first-order valence-electron chi connectivity index (χ1n) is 6.14. The quantitative estimate of drug-likeness (QED) is 0.644. The van der Waals surface area contributed by atoms with Crippen LogP contribution in [0.25, 0.3) is 0 Å². The maximum atomic E-state index is 5.98. The van der Waals surface area contributed by atoms with Crippen molar-refractivity contribution in [2.45, 2.75) is 12.8 Å². The summed E-state index contributed by atoms with van der Waals surface area (Å²) in [6, 6.07) is 12.4. The molecule has 0 bridgehead atoms. The van der Waals surface area contributed by atoms with Crippen molar-refractivity contribution in [2.75, 3.05) is 12.4 Å². The van der Waals surface area contributed by atoms with Gasteiger partial charge in [0, 0.05) is 10.2 Å². The van der Waals surface area contributed by atoms with E-state index in [1.165, 1.54) is 10.4 Å². The molecular formula is C15H16BrClOS. The molecule has 1 unspecified atom stereocenters. The van der Waals surface area contributed by atoms with Crippen molar-refractivity contribution in [3.05, 3.63) is 51.2 Å². The van der Waals surface area contributed by atoms with E-state index in [2.05, 4.69) is 34.1 Å². The van der Waals surface area contributed by atoms with E-state index in [-0.39, 0.29) is 0 Å². The molecule has 1 nitrogen and oxygen atoms in total. The van der Waals surface area contributed by atoms with Gasteiger partial charge in [0.1, 0.15) is 5.75 Å². The van der Waals surface area contributed by atoms with Crippen LogP contribution in [-0.2, 0) is 12.8 Å². The van der Waals surface area contributed by atoms with Gasteiger partial charge in [-0.3, -0.25) is 0 Å². The van der Waals surface area contributed by atoms with E-state index < -0.39 is 0 Å². The highest BCUT2D eigenvalue weighted by atomic mass is 79.9. The van der Waals surface area contributed by atoms with Gasteiger partial charge in [-0.2, -0.15) is 0 Å². The van der Waals surface area contributed by atoms with Gasteiger partial charge in [0.05, 0.1) is 11.4 Å². The summed E-state index contributed by atoms with van der Waals surface area (Å²) in [7, 11) is 1.70. The van der Waals surface area contributed by atoms with Crippen LogP contribution in [0.15, 0.2) is 36.4 Å². The monoisotopic (exact) mass is 358 g/mol. The van der Waals surface area contributed by atoms with Crippen LogP contribution in [0.2, 0.25) is 4.34 Å². The first kappa shape index (κ1) is 14.9. The van der Waals surface area contributed by atoms with Gasteiger partial charge in [-0.15, -0.1) is 11.3 Å². The lowest BCUT2D eigenvalue weighted by Gasteiger charge is -2.13. The lowest BCUT2D eigenvalue weighted by molar-refractivity contribution is 0.414. The topological polar surface area (TPSA) is 9.23 Å². The van der Waals surface area contributed by atoms with E-state index in [0.29, 0.717) is 5.92 Å². The summed E-state index contributed by atoms with van der Waals surface area (Å²) in [6.07, 6.45) is 2.10. The zero-order valence-electron chi connectivity index (χ0n) is 10.7. The molecule has 0 aliphatic rings. The summed E-state index contributed by atoms with van der Waals surface area (Å²) in [5.74, 6) is 1.49. The fourth-order valence-electron chi connectivity index (χ4n) is 2.06. The maximum Gasteiger partial charge on any atom is 0.119 e. The Labute approximate surface area is 131 Å². The second kappa shape index (κ2) is 7.32. The van der Waals surface area contributed by atoms with E-state index in [1.807, 2.05) is 18.2 Å². The van der Waals surface area contributed by atoms with Gasteiger partial charge in [-0.05, 0) is 48.6 Å². The molecule has 4 heteroatoms. The van der Waals surface area contributed by atoms with Crippen molar-refractivity contribution in [1.29, 1.82) is 0 Å². The number of thiophene rings is 1. The molecule has 0 N–H and O–H groups in total. The van der Waals surface area contributed by atoms with Crippen molar-refractivity contribution in [1.82, 2.24) is 0 Å². The van der Waals surface area contributed by atoms with Gasteiger partial charge in [0.2, 0.25) is 0 Å². The van der Waals surface area contributed by atoms with Gasteiger partial charge in [-0.25, -0.2) is 0 Å². The van der Waals surface area contributed by atoms with Gasteiger partial charge in [0.25, 0.3) is 0 Å². The van der Waals surface area contributed by atoms with Crippen molar-refractivity contribution >= 4 is 38.9 Å². The Balaban J connectivity index is 2.01. The molecular weight excluding hydrogens is 344 g/mol. The molecule has 0 saturated heterocycles. The predicted molar refractivity (Wildman–Crippen MR) is 87.0 cm³/mol. The van der Waals surface area contributed by atoms with Crippen LogP contribution in [-0.4, -0.2) is 12.4 Å². The Morgan fingerprint density at radius 1 is 1.26 bits per heavy atom. The highest BCUT2D eigenvalue weighted by Gasteiger charge is 2.11. The Kier molecular flexibility index (Phi) is 5.74. The average Bonchev–Trinajstić information content (AvgIpc) is 2.83. The number of ether oxygens (including phenoxy) is 1. The molecule has 0 spiro atoms. The number of halogens is 2. The molecule has 0 amide bonds. The minimum absolute atomic E-state index is 0.571. The third-order valence-corrected chi connectivity index (χ3v) is 5.16. The molecule has 0 saturated carbocycles. The summed E-state index contributed by atoms with van der Waals surface area (Å²) in [5.41, 5.74) is 1.31. The van der Waals surface area contributed by atoms with Crippen LogP contribution in [0.3, 0.4) is 0 Å². The fraction of sp³-hybridized carbons (Fsp3) is 0.333. The molecule has 2 aromatic rings. The highest BCUT2D eigenvalue weighted by Crippen LogP contribution is 2.26. The van der Waals surface area contributed by atoms with E-state index in [4.69, 9.17) is 16.3 Å². The third-order valence-electron chi connectivity index (χ3n) is 3.00. The zero-order chi connectivity index (χ0) is 13.7. The Hall–Kier alpha value is -0.510. The van der Waals surface area contributed by atoms with E-state index >= 15 is 0 Å². The Bertz CT molecular complexity index is 526. The van der Waals surface area contributed by atoms with Crippen LogP contribution >= 0.6 is 38.9 Å². The van der Waals surface area contributed by atoms with E-state index in [1.54, 1.807) is 18.4 Å². The number of hydrogen-bond donors (Lipinski definition) is 0. The molecule has 0 fully saturated rings. The normalized spacial score (nSPS) is 12.4. The minimum Gasteiger partial charge on any atom is -0.497 e. The van der Waals surface area contributed by atoms with Crippen molar-refractivity contribution in [2.24, 2.45) is 5.92 Å². The summed E-state index contributed by atoms with van der Waals surface area (Å²) >= 11 is 11.3. The summed E-state index contributed by atoms with van der Waals surface area (Å²) in [5, 5.41) is 0.986. The summed E-state index contributed by atoms with van der Waals surface area (Å²) in [6.45, 7) is 0. The number of methoxy groups -OCH3 is 1. The second-order valence-corrected chi connectivity index (χ2v) is 6.93. The largest absolute Gasteiger partial charge is 0.497 e. The SMILES string of the molecule is COc1cccc(CC(CBr)Cc2ccc(Cl)s2)c1. The van der Waals surface area contributed by atoms with Crippen LogP contribution < -0.4 is 4.74 Å². The molecule has 19 heavy (non-hydrogen) atoms. The zero-order valence-corrected chi connectivity index (χ0v) is 13.9. The predicted octanol–water partition coefficient (Wildman–Crippen LogP) is 5.21. The first-order chi connectivity index (χ1) is 9.21. The molecule has 102 valence electrons. The van der Waals surface area contributed by atoms with Gasteiger partial charge < -0.3 is 4.74 Å². The average molecular weight is 360 g/mol. The van der Waals surface area contributed by atoms with Crippen LogP contribution in [0.1, 0.15) is 10.4 Å². The molecule has 1 aromatic carbocycles. The van der Waals surface area contributed by atoms with Crippen molar-refractivity contribution in [3.63, 3.8) is 0 Å². The molecule has 2 rings (SSSR count). The van der Waals surface area contributed by atoms with Crippen molar-refractivity contribution in [3.8, 4) is 5.75 Å². The van der Waals surface area contributed by atoms with Gasteiger partial charge >= 0.3 is 0 Å². The van der Waals surface area contributed by atoms with Crippen LogP contribution in [0, 0.1) is 5.92 Å². The second-order valence-electron chi connectivity index (χ2n) is 4.49. The number of hydrogen-bond acceptors (Lipinski definition) is 2. The Morgan fingerprint density at radius 2 is 2.11 bits per heavy atom. The first-order valence-corrected chi connectivity index (χ1v) is 8.46. The molecule has 0 aliphatic heterocycles. The molecule has 1 atom stereocenters.